The summed E-state index contributed by atoms with van der Waals surface area (Å²) in [5, 5.41) is 239. The van der Waals surface area contributed by atoms with E-state index in [-0.39, 0.29) is 22.4 Å². The largest absolute Gasteiger partial charge is 0.508 e. The van der Waals surface area contributed by atoms with Gasteiger partial charge < -0.3 is 183 Å². The highest BCUT2D eigenvalue weighted by Crippen LogP contribution is 2.47. The van der Waals surface area contributed by atoms with E-state index in [0.29, 0.717) is 5.56 Å². The number of benzene rings is 4. The van der Waals surface area contributed by atoms with E-state index in [1.54, 1.807) is 0 Å². The number of hydrogen-bond donors (Lipinski definition) is 22. The molecule has 7 aliphatic rings. The number of phenolic OH excluding ortho intramolecular Hbond substituents is 6. The number of ether oxygens (including phenoxy) is 15. The van der Waals surface area contributed by atoms with Crippen LogP contribution >= 0.6 is 0 Å². The van der Waals surface area contributed by atoms with Gasteiger partial charge in [-0.25, -0.2) is 14.4 Å². The molecule has 4 aromatic carbocycles. The molecule has 5 saturated heterocycles. The molecular formula is C75H82O42. The molecule has 5 fully saturated rings. The van der Waals surface area contributed by atoms with Crippen LogP contribution in [0.4, 0.5) is 0 Å². The fourth-order valence-electron chi connectivity index (χ4n) is 12.6. The first-order chi connectivity index (χ1) is 55.5. The maximum absolute atomic E-state index is 14.0. The maximum Gasteiger partial charge on any atom is 0.331 e. The van der Waals surface area contributed by atoms with Gasteiger partial charge in [0.1, 0.15) is 153 Å². The summed E-state index contributed by atoms with van der Waals surface area (Å²) in [6, 6.07) is 14.1. The van der Waals surface area contributed by atoms with Crippen molar-refractivity contribution in [3.63, 3.8) is 0 Å². The van der Waals surface area contributed by atoms with Crippen LogP contribution in [-0.2, 0) is 85.6 Å². The van der Waals surface area contributed by atoms with Gasteiger partial charge >= 0.3 is 29.8 Å². The zero-order valence-electron chi connectivity index (χ0n) is 60.7. The lowest BCUT2D eigenvalue weighted by Gasteiger charge is -2.46. The minimum atomic E-state index is -2.38. The number of carbonyl (C=O) groups is 5. The number of rotatable bonds is 27. The molecule has 0 aromatic heterocycles. The summed E-state index contributed by atoms with van der Waals surface area (Å²) in [6.07, 6.45) is -45.7. The maximum atomic E-state index is 14.0. The SMILES string of the molecule is C[C@@H]1O[C@@H](OC2=C(c3cc(O[C@@H]4O[C@@H](COC(=O)/C=C\c5ccc(O)c(O)c5)[C@@H](O)[C@H](O)[C@H]4O)c(O)c(O[C@H]4O[C@H](COC(=O)/C=C\c5ccc(O)c(O)c5)[C@@H](O)[C@H](O)[C@H]4O)c3)OC3C=C(O)C=C(O[C@H]4O[C@@H](COC(=O)CC(=O)O)[C@@H](O)[C@H](O)[C@H]4O)C3=C2)[C@@H](O)[C@H](OC(=O)/C=C/c2ccc(O)cc2)[C@H]1O[C@@H]1O[C@@H](CO)[C@@H](O)[C@H](O)[C@H]1O. The van der Waals surface area contributed by atoms with Gasteiger partial charge in [-0.2, -0.15) is 0 Å². The first kappa shape index (κ1) is 87.1. The molecule has 0 saturated carbocycles. The van der Waals surface area contributed by atoms with Crippen LogP contribution in [0.1, 0.15) is 35.6 Å². The molecule has 6 heterocycles. The van der Waals surface area contributed by atoms with E-state index in [4.69, 9.17) is 76.2 Å². The molecule has 6 aliphatic heterocycles. The second kappa shape index (κ2) is 37.6. The molecule has 42 nitrogen and oxygen atoms in total. The zero-order chi connectivity index (χ0) is 84.7. The molecule has 4 aromatic rings. The fraction of sp³-hybridized carbons (Fsp3) is 0.427. The van der Waals surface area contributed by atoms with Crippen LogP contribution < -0.4 is 9.47 Å². The van der Waals surface area contributed by atoms with Crippen molar-refractivity contribution in [3.8, 4) is 46.0 Å². The van der Waals surface area contributed by atoms with Gasteiger partial charge in [-0.3, -0.25) is 9.59 Å². The predicted molar refractivity (Wildman–Crippen MR) is 379 cm³/mol. The molecule has 0 amide bonds. The number of carbonyl (C=O) groups excluding carboxylic acids is 4. The highest BCUT2D eigenvalue weighted by atomic mass is 16.8. The van der Waals surface area contributed by atoms with Crippen LogP contribution in [0.3, 0.4) is 0 Å². The summed E-state index contributed by atoms with van der Waals surface area (Å²) in [7, 11) is 0. The van der Waals surface area contributed by atoms with E-state index in [1.165, 1.54) is 49.4 Å². The molecule has 26 atom stereocenters. The van der Waals surface area contributed by atoms with Gasteiger partial charge in [0.2, 0.25) is 30.9 Å². The average Bonchev–Trinajstić information content (AvgIpc) is 0.756. The molecule has 11 rings (SSSR count). The number of aliphatic hydroxyl groups excluding tert-OH is 15. The molecule has 634 valence electrons. The Hall–Kier alpha value is -10.8. The van der Waals surface area contributed by atoms with Crippen LogP contribution in [0, 0.1) is 0 Å². The van der Waals surface area contributed by atoms with E-state index in [9.17, 15) is 131 Å². The summed E-state index contributed by atoms with van der Waals surface area (Å²) < 4.78 is 88.1. The van der Waals surface area contributed by atoms with Gasteiger partial charge in [0.05, 0.1) is 12.7 Å². The van der Waals surface area contributed by atoms with Crippen LogP contribution in [0.2, 0.25) is 0 Å². The van der Waals surface area contributed by atoms with Gasteiger partial charge in [-0.15, -0.1) is 0 Å². The van der Waals surface area contributed by atoms with Crippen molar-refractivity contribution in [1.29, 1.82) is 0 Å². The lowest BCUT2D eigenvalue weighted by molar-refractivity contribution is -0.352. The van der Waals surface area contributed by atoms with Crippen LogP contribution in [0.5, 0.6) is 46.0 Å². The smallest absolute Gasteiger partial charge is 0.331 e. The normalized spacial score (nSPS) is 33.1. The second-order valence-corrected chi connectivity index (χ2v) is 27.3. The first-order valence-electron chi connectivity index (χ1n) is 35.5. The number of hydrogen-bond acceptors (Lipinski definition) is 41. The molecule has 42 heteroatoms. The van der Waals surface area contributed by atoms with Crippen molar-refractivity contribution in [2.75, 3.05) is 26.4 Å². The number of esters is 4. The van der Waals surface area contributed by atoms with Gasteiger partial charge in [0.25, 0.3) is 0 Å². The Bertz CT molecular complexity index is 4320. The average molecular weight is 1660 g/mol. The summed E-state index contributed by atoms with van der Waals surface area (Å²) in [5.74, 6) is -14.5. The highest BCUT2D eigenvalue weighted by Gasteiger charge is 2.55. The lowest BCUT2D eigenvalue weighted by Crippen LogP contribution is -2.64. The Labute approximate surface area is 658 Å². The molecule has 0 spiro atoms. The number of allylic oxidation sites excluding steroid dienone is 2. The molecular weight excluding hydrogens is 1570 g/mol. The van der Waals surface area contributed by atoms with Gasteiger partial charge in [0.15, 0.2) is 64.5 Å². The Morgan fingerprint density at radius 1 is 0.444 bits per heavy atom. The van der Waals surface area contributed by atoms with Gasteiger partial charge in [0, 0.05) is 41.5 Å². The molecule has 117 heavy (non-hydrogen) atoms. The third kappa shape index (κ3) is 20.6. The number of carboxylic acids is 1. The molecule has 0 radical (unpaired) electrons. The lowest BCUT2D eigenvalue weighted by atomic mass is 9.95. The van der Waals surface area contributed by atoms with Crippen molar-refractivity contribution >= 4 is 53.8 Å². The topological polar surface area (TPSA) is 669 Å². The monoisotopic (exact) mass is 1650 g/mol. The third-order valence-corrected chi connectivity index (χ3v) is 19.0. The minimum absolute atomic E-state index is 0.144. The fourth-order valence-corrected chi connectivity index (χ4v) is 12.6. The van der Waals surface area contributed by atoms with E-state index in [2.05, 4.69) is 0 Å². The van der Waals surface area contributed by atoms with Gasteiger partial charge in [-0.1, -0.05) is 24.3 Å². The van der Waals surface area contributed by atoms with Crippen molar-refractivity contribution in [2.24, 2.45) is 0 Å². The number of aliphatic hydroxyl groups is 15. The number of carboxylic acid groups (broad SMARTS) is 1. The Morgan fingerprint density at radius 2 is 0.889 bits per heavy atom. The molecule has 1 aliphatic carbocycles. The molecule has 1 unspecified atom stereocenters. The number of aliphatic carboxylic acids is 1. The number of fused-ring (bicyclic) bond motifs is 1. The minimum Gasteiger partial charge on any atom is -0.508 e. The number of phenols is 6. The molecule has 0 bridgehead atoms. The van der Waals surface area contributed by atoms with Crippen LogP contribution in [0.15, 0.2) is 132 Å². The summed E-state index contributed by atoms with van der Waals surface area (Å²) >= 11 is 0. The first-order valence-corrected chi connectivity index (χ1v) is 35.5. The van der Waals surface area contributed by atoms with E-state index in [1.807, 2.05) is 0 Å². The summed E-state index contributed by atoms with van der Waals surface area (Å²) in [4.78, 5) is 63.7. The van der Waals surface area contributed by atoms with E-state index in [0.717, 1.165) is 85.0 Å². The standard InChI is InChI=1S/C75H82O42/c1-28-68(117-74-66(101)59(94)55(90)45(24-76)112-74)70(116-52(87)15-6-29-2-9-33(77)10-3-29)67(102)75(106-28)111-44-22-35-40(20-34(78)21-41(35)108-71-63(98)60(95)58(93)48(113-71)27-105-53(88)23-49(83)84)107-69(44)32-18-42(109-72-64(99)61(96)56(91)46(114-72)25-103-50(85)13-7-30-4-11-36(79)38(81)16-30)54(89)43(19-32)110-73-65(100)62(97)57(92)47(115-73)26-104-51(86)14-8-31-5-12-37(80)39(82)17-31/h2-22,28,40,45-48,55-68,70-82,89-102H,23-27H2,1H3,(H,83,84)/b13-7-,14-8-,15-6+/t28-,40?,45-,46-,47+,48-,55+,56+,57+,58+,59-,60-,61-,62-,63+,64+,65+,66+,67-,68-,70-,71-,72+,73-,74-,75-/m0/s1. The van der Waals surface area contributed by atoms with E-state index >= 15 is 0 Å². The Kier molecular flexibility index (Phi) is 28.0. The van der Waals surface area contributed by atoms with Crippen LogP contribution in [-0.4, -0.2) is 328 Å². The third-order valence-electron chi connectivity index (χ3n) is 19.0. The van der Waals surface area contributed by atoms with Crippen molar-refractivity contribution < 1.29 is 207 Å². The van der Waals surface area contributed by atoms with Crippen molar-refractivity contribution in [1.82, 2.24) is 0 Å². The van der Waals surface area contributed by atoms with E-state index < -0.39 is 291 Å². The second-order valence-electron chi connectivity index (χ2n) is 27.3. The number of aromatic hydroxyl groups is 6. The Morgan fingerprint density at radius 3 is 1.38 bits per heavy atom. The summed E-state index contributed by atoms with van der Waals surface area (Å²) in [6.45, 7) is -2.53. The van der Waals surface area contributed by atoms with Gasteiger partial charge in [-0.05, 0) is 96.4 Å². The Balaban J connectivity index is 1.01. The highest BCUT2D eigenvalue weighted by molar-refractivity contribution is 5.90. The predicted octanol–water partition coefficient (Wildman–Crippen LogP) is -4.09. The van der Waals surface area contributed by atoms with Crippen LogP contribution in [0.25, 0.3) is 24.0 Å². The van der Waals surface area contributed by atoms with Crippen molar-refractivity contribution in [3.05, 3.63) is 154 Å². The molecule has 22 N–H and O–H groups in total. The quantitative estimate of drug-likeness (QED) is 0.00887. The van der Waals surface area contributed by atoms with Crippen molar-refractivity contribution in [2.45, 2.75) is 173 Å². The summed E-state index contributed by atoms with van der Waals surface area (Å²) in [5.41, 5.74) is -0.145. The zero-order valence-corrected chi connectivity index (χ0v) is 60.7.